The molecule has 8 bridgehead atoms. The van der Waals surface area contributed by atoms with Crippen molar-refractivity contribution in [2.45, 2.75) is 231 Å². The average Bonchev–Trinajstić information content (AvgIpc) is 3.89. The van der Waals surface area contributed by atoms with E-state index in [1.165, 1.54) is 77.0 Å². The summed E-state index contributed by atoms with van der Waals surface area (Å²) in [5, 5.41) is 34.2. The monoisotopic (exact) mass is 785 g/mol. The van der Waals surface area contributed by atoms with E-state index < -0.39 is 0 Å². The second-order valence-corrected chi connectivity index (χ2v) is 20.7. The van der Waals surface area contributed by atoms with Crippen molar-refractivity contribution in [3.63, 3.8) is 0 Å². The van der Waals surface area contributed by atoms with Crippen molar-refractivity contribution in [3.05, 3.63) is 0 Å². The highest BCUT2D eigenvalue weighted by Crippen LogP contribution is 2.48. The lowest BCUT2D eigenvalue weighted by molar-refractivity contribution is -0.262. The van der Waals surface area contributed by atoms with Crippen LogP contribution in [0.15, 0.2) is 0 Å². The number of fused-ring (bicyclic) bond motifs is 20. The summed E-state index contributed by atoms with van der Waals surface area (Å²) in [6.07, 6.45) is 16.4. The first-order valence-corrected chi connectivity index (χ1v) is 23.7. The van der Waals surface area contributed by atoms with Gasteiger partial charge in [-0.1, -0.05) is 38.5 Å². The fraction of sp³-hybridized carbons (Fsp3) is 1.00. The topological polar surface area (TPSA) is 133 Å². The Hall–Kier alpha value is -0.480. The first kappa shape index (κ1) is 40.9. The molecule has 320 valence electrons. The number of rotatable bonds is 8. The van der Waals surface area contributed by atoms with Crippen LogP contribution in [0.3, 0.4) is 0 Å². The Morgan fingerprint density at radius 2 is 0.482 bits per heavy atom. The summed E-state index contributed by atoms with van der Waals surface area (Å²) in [5.41, 5.74) is 0. The Bertz CT molecular complexity index is 1220. The molecule has 0 aromatic heterocycles. The number of ether oxygens (including phenoxy) is 4. The molecule has 0 aromatic rings. The van der Waals surface area contributed by atoms with Crippen LogP contribution < -0.4 is 42.5 Å². The van der Waals surface area contributed by atoms with Crippen LogP contribution in [0.2, 0.25) is 0 Å². The van der Waals surface area contributed by atoms with Crippen molar-refractivity contribution >= 4 is 0 Å². The highest BCUT2D eigenvalue weighted by atomic mass is 16.6. The van der Waals surface area contributed by atoms with Crippen molar-refractivity contribution in [1.82, 2.24) is 42.5 Å². The predicted octanol–water partition coefficient (Wildman–Crippen LogP) is 4.22. The first-order chi connectivity index (χ1) is 27.0. The van der Waals surface area contributed by atoms with E-state index in [9.17, 15) is 0 Å². The van der Waals surface area contributed by atoms with Crippen LogP contribution in [0.4, 0.5) is 0 Å². The SMILES string of the molecule is CC(C)OC1C(OC(C)C)C(OC(C)C)C2C3NC4NC(NC5NC(NC6NC(NC(N3)C2C1OC(C)C)C1CCCCC61)C1CCCCC51)C1CCCCC41. The molecular formula is C44H80N8O4. The van der Waals surface area contributed by atoms with E-state index >= 15 is 0 Å². The van der Waals surface area contributed by atoms with Gasteiger partial charge in [0.05, 0.1) is 86.0 Å². The third-order valence-electron chi connectivity index (χ3n) is 15.7. The fourth-order valence-corrected chi connectivity index (χ4v) is 13.9. The summed E-state index contributed by atoms with van der Waals surface area (Å²) in [7, 11) is 0. The molecule has 5 aliphatic heterocycles. The smallest absolute Gasteiger partial charge is 0.113 e. The third kappa shape index (κ3) is 7.92. The van der Waals surface area contributed by atoms with Crippen molar-refractivity contribution < 1.29 is 18.9 Å². The zero-order valence-electron chi connectivity index (χ0n) is 36.0. The van der Waals surface area contributed by atoms with Gasteiger partial charge in [-0.15, -0.1) is 0 Å². The molecule has 0 spiro atoms. The lowest BCUT2D eigenvalue weighted by atomic mass is 9.71. The predicted molar refractivity (Wildman–Crippen MR) is 219 cm³/mol. The molecule has 0 amide bonds. The molecule has 4 aliphatic carbocycles. The van der Waals surface area contributed by atoms with E-state index in [0.29, 0.717) is 47.8 Å². The second kappa shape index (κ2) is 17.1. The van der Waals surface area contributed by atoms with E-state index in [0.717, 1.165) is 0 Å². The number of hydrogen-bond donors (Lipinski definition) is 8. The van der Waals surface area contributed by atoms with Gasteiger partial charge in [0.2, 0.25) is 0 Å². The normalized spacial score (nSPS) is 50.4. The van der Waals surface area contributed by atoms with Crippen LogP contribution in [-0.2, 0) is 18.9 Å². The molecule has 12 nitrogen and oxygen atoms in total. The molecule has 0 aromatic carbocycles. The molecule has 20 unspecified atom stereocenters. The molecule has 5 saturated heterocycles. The van der Waals surface area contributed by atoms with Crippen molar-refractivity contribution in [2.75, 3.05) is 0 Å². The van der Waals surface area contributed by atoms with E-state index in [1.54, 1.807) is 0 Å². The Morgan fingerprint density at radius 3 is 0.714 bits per heavy atom. The van der Waals surface area contributed by atoms with Gasteiger partial charge >= 0.3 is 0 Å². The molecule has 56 heavy (non-hydrogen) atoms. The maximum Gasteiger partial charge on any atom is 0.113 e. The van der Waals surface area contributed by atoms with Gasteiger partial charge in [-0.2, -0.15) is 0 Å². The summed E-state index contributed by atoms with van der Waals surface area (Å²) in [6, 6.07) is 0. The highest BCUT2D eigenvalue weighted by molar-refractivity contribution is 5.14. The summed E-state index contributed by atoms with van der Waals surface area (Å²) >= 11 is 0. The third-order valence-corrected chi connectivity index (χ3v) is 15.7. The van der Waals surface area contributed by atoms with E-state index in [1.807, 2.05) is 0 Å². The van der Waals surface area contributed by atoms with E-state index in [2.05, 4.69) is 97.9 Å². The maximum absolute atomic E-state index is 7.14. The molecule has 4 saturated carbocycles. The van der Waals surface area contributed by atoms with E-state index in [4.69, 9.17) is 18.9 Å². The van der Waals surface area contributed by atoms with Crippen LogP contribution >= 0.6 is 0 Å². The number of hydrogen-bond acceptors (Lipinski definition) is 12. The van der Waals surface area contributed by atoms with Crippen LogP contribution in [0.1, 0.15) is 132 Å². The van der Waals surface area contributed by atoms with Crippen LogP contribution in [0, 0.1) is 47.3 Å². The second-order valence-electron chi connectivity index (χ2n) is 20.7. The zero-order valence-corrected chi connectivity index (χ0v) is 36.0. The van der Waals surface area contributed by atoms with Crippen molar-refractivity contribution in [3.8, 4) is 0 Å². The van der Waals surface area contributed by atoms with E-state index in [-0.39, 0.29) is 97.7 Å². The summed E-state index contributed by atoms with van der Waals surface area (Å²) in [5.74, 6) is 3.83. The van der Waals surface area contributed by atoms with Crippen molar-refractivity contribution in [2.24, 2.45) is 47.3 Å². The highest BCUT2D eigenvalue weighted by Gasteiger charge is 2.63. The van der Waals surface area contributed by atoms with Gasteiger partial charge in [0.25, 0.3) is 0 Å². The molecular weight excluding hydrogens is 705 g/mol. The summed E-state index contributed by atoms with van der Waals surface area (Å²) in [6.45, 7) is 17.3. The molecule has 9 rings (SSSR count). The summed E-state index contributed by atoms with van der Waals surface area (Å²) in [4.78, 5) is 0. The minimum absolute atomic E-state index is 0.0151. The lowest BCUT2D eigenvalue weighted by Crippen LogP contribution is -2.67. The molecule has 12 heteroatoms. The molecule has 5 heterocycles. The average molecular weight is 785 g/mol. The maximum atomic E-state index is 7.14. The van der Waals surface area contributed by atoms with Gasteiger partial charge in [0.15, 0.2) is 0 Å². The molecule has 0 radical (unpaired) electrons. The minimum atomic E-state index is -0.275. The molecule has 9 aliphatic rings. The molecule has 9 fully saturated rings. The Balaban J connectivity index is 1.13. The van der Waals surface area contributed by atoms with Crippen LogP contribution in [0.5, 0.6) is 0 Å². The van der Waals surface area contributed by atoms with Gasteiger partial charge in [-0.25, -0.2) is 0 Å². The molecule has 8 N–H and O–H groups in total. The van der Waals surface area contributed by atoms with Gasteiger partial charge in [-0.3, -0.25) is 42.5 Å². The largest absolute Gasteiger partial charge is 0.372 e. The quantitative estimate of drug-likeness (QED) is 0.179. The molecule has 20 atom stereocenters. The van der Waals surface area contributed by atoms with Gasteiger partial charge < -0.3 is 18.9 Å². The number of nitrogens with one attached hydrogen (secondary N) is 8. The van der Waals surface area contributed by atoms with Crippen molar-refractivity contribution in [1.29, 1.82) is 0 Å². The Kier molecular flexibility index (Phi) is 12.5. The zero-order chi connectivity index (χ0) is 38.8. The van der Waals surface area contributed by atoms with Crippen LogP contribution in [-0.4, -0.2) is 98.2 Å². The minimum Gasteiger partial charge on any atom is -0.372 e. The lowest BCUT2D eigenvalue weighted by Gasteiger charge is -2.52. The fourth-order valence-electron chi connectivity index (χ4n) is 13.9. The Labute approximate surface area is 338 Å². The first-order valence-electron chi connectivity index (χ1n) is 23.7. The Morgan fingerprint density at radius 1 is 0.286 bits per heavy atom. The van der Waals surface area contributed by atoms with Crippen LogP contribution in [0.25, 0.3) is 0 Å². The van der Waals surface area contributed by atoms with Gasteiger partial charge in [-0.05, 0) is 129 Å². The van der Waals surface area contributed by atoms with Gasteiger partial charge in [0.1, 0.15) is 12.2 Å². The summed E-state index contributed by atoms with van der Waals surface area (Å²) < 4.78 is 28.2. The van der Waals surface area contributed by atoms with Gasteiger partial charge in [0, 0.05) is 11.8 Å². The standard InChI is InChI=1S/C44H80N8O4/c1-21(2)53-33-31-32(34(54-22(3)4)36(56-24(7)8)35(33)55-23(5)6)44-51-42-30-20-14-12-18-28(30)40(49-42)47-38-26-16-10-9-15-25(26)37(45-38)46-39-27-17-11-13-19-29(27)41(48-39)50-43(31)52-44/h21-52H,9-20H2,1-8H3.